The van der Waals surface area contributed by atoms with E-state index in [4.69, 9.17) is 4.42 Å². The van der Waals surface area contributed by atoms with Crippen LogP contribution in [0.1, 0.15) is 22.3 Å². The first kappa shape index (κ1) is 36.4. The molecule has 0 aliphatic heterocycles. The SMILES string of the molecule is c1ccc2c(c1)-c1ccccc1C21c2c(ccc3cc(-c4c5ccccc5c(-c5ccc6oc7ccc8ccccc8c7c6c5)c5ccccc45)ccc23)-c2c1c1ccccc1c1ccccc21. The van der Waals surface area contributed by atoms with Crippen molar-refractivity contribution >= 4 is 86.6 Å². The summed E-state index contributed by atoms with van der Waals surface area (Å²) in [6.45, 7) is 0. The van der Waals surface area contributed by atoms with Crippen molar-refractivity contribution in [3.8, 4) is 44.5 Å². The topological polar surface area (TPSA) is 13.1 Å². The van der Waals surface area contributed by atoms with Gasteiger partial charge in [-0.3, -0.25) is 0 Å². The van der Waals surface area contributed by atoms with Gasteiger partial charge < -0.3 is 4.42 Å². The smallest absolute Gasteiger partial charge is 0.136 e. The largest absolute Gasteiger partial charge is 0.456 e. The third-order valence-electron chi connectivity index (χ3n) is 15.8. The van der Waals surface area contributed by atoms with E-state index < -0.39 is 5.41 Å². The Morgan fingerprint density at radius 1 is 0.265 bits per heavy atom. The minimum absolute atomic E-state index is 0.517. The Balaban J connectivity index is 0.974. The zero-order chi connectivity index (χ0) is 44.2. The summed E-state index contributed by atoms with van der Waals surface area (Å²) < 4.78 is 6.49. The summed E-state index contributed by atoms with van der Waals surface area (Å²) in [5.74, 6) is 0. The first-order chi connectivity index (χ1) is 33.8. The molecule has 13 aromatic carbocycles. The van der Waals surface area contributed by atoms with Crippen LogP contribution in [0.3, 0.4) is 0 Å². The fourth-order valence-corrected chi connectivity index (χ4v) is 13.3. The van der Waals surface area contributed by atoms with Crippen molar-refractivity contribution < 1.29 is 4.42 Å². The van der Waals surface area contributed by atoms with E-state index in [0.717, 1.165) is 16.6 Å². The monoisotopic (exact) mass is 858 g/mol. The van der Waals surface area contributed by atoms with Gasteiger partial charge in [-0.05, 0) is 156 Å². The van der Waals surface area contributed by atoms with Crippen LogP contribution in [0.2, 0.25) is 0 Å². The van der Waals surface area contributed by atoms with Crippen molar-refractivity contribution in [3.05, 3.63) is 253 Å². The van der Waals surface area contributed by atoms with Gasteiger partial charge in [0.2, 0.25) is 0 Å². The van der Waals surface area contributed by atoms with Crippen molar-refractivity contribution in [3.63, 3.8) is 0 Å². The predicted molar refractivity (Wildman–Crippen MR) is 286 cm³/mol. The summed E-state index contributed by atoms with van der Waals surface area (Å²) in [6.07, 6.45) is 0. The molecule has 0 amide bonds. The molecule has 16 rings (SSSR count). The van der Waals surface area contributed by atoms with Crippen molar-refractivity contribution in [2.24, 2.45) is 0 Å². The van der Waals surface area contributed by atoms with Gasteiger partial charge in [0, 0.05) is 10.8 Å². The maximum atomic E-state index is 6.49. The number of hydrogen-bond acceptors (Lipinski definition) is 1. The fraction of sp³-hybridized carbons (Fsp3) is 0.0149. The summed E-state index contributed by atoms with van der Waals surface area (Å²) in [6, 6.07) is 86.4. The van der Waals surface area contributed by atoms with E-state index in [1.165, 1.54) is 137 Å². The van der Waals surface area contributed by atoms with Gasteiger partial charge in [-0.2, -0.15) is 0 Å². The van der Waals surface area contributed by atoms with Crippen LogP contribution >= 0.6 is 0 Å². The van der Waals surface area contributed by atoms with Crippen molar-refractivity contribution in [1.29, 1.82) is 0 Å². The lowest BCUT2D eigenvalue weighted by Crippen LogP contribution is -2.26. The highest BCUT2D eigenvalue weighted by molar-refractivity contribution is 6.25. The van der Waals surface area contributed by atoms with Crippen LogP contribution in [0.4, 0.5) is 0 Å². The van der Waals surface area contributed by atoms with E-state index in [0.29, 0.717) is 0 Å². The van der Waals surface area contributed by atoms with E-state index >= 15 is 0 Å². The van der Waals surface area contributed by atoms with Crippen LogP contribution in [0.5, 0.6) is 0 Å². The molecular weight excluding hydrogens is 821 g/mol. The lowest BCUT2D eigenvalue weighted by molar-refractivity contribution is 0.669. The number of fused-ring (bicyclic) bond motifs is 24. The molecule has 2 aliphatic rings. The molecule has 1 heteroatoms. The van der Waals surface area contributed by atoms with Gasteiger partial charge in [-0.15, -0.1) is 0 Å². The van der Waals surface area contributed by atoms with Crippen molar-refractivity contribution in [1.82, 2.24) is 0 Å². The zero-order valence-electron chi connectivity index (χ0n) is 36.8. The molecule has 0 saturated heterocycles. The van der Waals surface area contributed by atoms with E-state index in [2.05, 4.69) is 231 Å². The molecule has 68 heavy (non-hydrogen) atoms. The predicted octanol–water partition coefficient (Wildman–Crippen LogP) is 18.2. The third-order valence-corrected chi connectivity index (χ3v) is 15.8. The van der Waals surface area contributed by atoms with Crippen LogP contribution < -0.4 is 0 Å². The number of hydrogen-bond donors (Lipinski definition) is 0. The molecule has 0 fully saturated rings. The maximum Gasteiger partial charge on any atom is 0.136 e. The Morgan fingerprint density at radius 3 is 1.41 bits per heavy atom. The van der Waals surface area contributed by atoms with Gasteiger partial charge in [-0.1, -0.05) is 206 Å². The molecule has 0 atom stereocenters. The Kier molecular flexibility index (Phi) is 7.07. The molecule has 0 bridgehead atoms. The fourth-order valence-electron chi connectivity index (χ4n) is 13.3. The minimum atomic E-state index is -0.517. The molecule has 14 aromatic rings. The second-order valence-corrected chi connectivity index (χ2v) is 18.9. The number of furan rings is 1. The molecule has 0 unspecified atom stereocenters. The molecular formula is C67H38O. The van der Waals surface area contributed by atoms with Gasteiger partial charge in [0.1, 0.15) is 11.2 Å². The van der Waals surface area contributed by atoms with Gasteiger partial charge >= 0.3 is 0 Å². The molecule has 1 aromatic heterocycles. The standard InChI is InChI=1S/C67H38O/c1-2-16-43-39(15-1)31-36-60-63(43)56-38-42(32-35-59(56)68-60)62-52-24-8-6-22-50(52)61(51-23-7-9-25-53(51)62)41-30-33-44-40(37-41)29-34-55-64-49-21-5-3-17-45(49)46-18-4-10-26-54(46)66(64)67(65(44)55)57-27-13-11-19-47(57)48-20-12-14-28-58(48)67/h1-38H. The summed E-state index contributed by atoms with van der Waals surface area (Å²) in [4.78, 5) is 0. The molecule has 0 N–H and O–H groups in total. The van der Waals surface area contributed by atoms with Gasteiger partial charge in [0.05, 0.1) is 5.41 Å². The minimum Gasteiger partial charge on any atom is -0.456 e. The Morgan fingerprint density at radius 2 is 0.750 bits per heavy atom. The first-order valence-electron chi connectivity index (χ1n) is 23.7. The molecule has 2 aliphatic carbocycles. The van der Waals surface area contributed by atoms with E-state index in [1.807, 2.05) is 0 Å². The van der Waals surface area contributed by atoms with Crippen LogP contribution in [0.25, 0.3) is 131 Å². The quantitative estimate of drug-likeness (QED) is 0.125. The molecule has 1 heterocycles. The average Bonchev–Trinajstić information content (AvgIpc) is 4.04. The van der Waals surface area contributed by atoms with E-state index in [1.54, 1.807) is 0 Å². The highest BCUT2D eigenvalue weighted by Gasteiger charge is 2.53. The number of rotatable bonds is 2. The summed E-state index contributed by atoms with van der Waals surface area (Å²) in [5, 5.41) is 17.5. The van der Waals surface area contributed by atoms with Crippen molar-refractivity contribution in [2.45, 2.75) is 5.41 Å². The van der Waals surface area contributed by atoms with Crippen LogP contribution in [-0.4, -0.2) is 0 Å². The Hall–Kier alpha value is -8.78. The lowest BCUT2D eigenvalue weighted by atomic mass is 9.68. The molecule has 1 nitrogen and oxygen atoms in total. The summed E-state index contributed by atoms with van der Waals surface area (Å²) in [7, 11) is 0. The van der Waals surface area contributed by atoms with Crippen molar-refractivity contribution in [2.75, 3.05) is 0 Å². The maximum absolute atomic E-state index is 6.49. The second-order valence-electron chi connectivity index (χ2n) is 18.9. The highest BCUT2D eigenvalue weighted by atomic mass is 16.3. The second kappa shape index (κ2) is 13.2. The molecule has 312 valence electrons. The first-order valence-corrected chi connectivity index (χ1v) is 23.7. The average molecular weight is 859 g/mol. The number of benzene rings is 13. The normalized spacial score (nSPS) is 13.4. The van der Waals surface area contributed by atoms with Crippen LogP contribution in [-0.2, 0) is 5.41 Å². The zero-order valence-corrected chi connectivity index (χ0v) is 36.8. The van der Waals surface area contributed by atoms with E-state index in [-0.39, 0.29) is 0 Å². The van der Waals surface area contributed by atoms with Gasteiger partial charge in [0.15, 0.2) is 0 Å². The van der Waals surface area contributed by atoms with E-state index in [9.17, 15) is 0 Å². The molecule has 1 spiro atoms. The summed E-state index contributed by atoms with van der Waals surface area (Å²) >= 11 is 0. The van der Waals surface area contributed by atoms with Crippen LogP contribution in [0, 0.1) is 0 Å². The van der Waals surface area contributed by atoms with Crippen LogP contribution in [0.15, 0.2) is 235 Å². The lowest BCUT2D eigenvalue weighted by Gasteiger charge is -2.32. The Bertz CT molecular complexity index is 4460. The van der Waals surface area contributed by atoms with Gasteiger partial charge in [-0.25, -0.2) is 0 Å². The third kappa shape index (κ3) is 4.51. The molecule has 0 radical (unpaired) electrons. The summed E-state index contributed by atoms with van der Waals surface area (Å²) in [5.41, 5.74) is 17.0. The highest BCUT2D eigenvalue weighted by Crippen LogP contribution is 2.66. The Labute approximate surface area is 391 Å². The molecule has 0 saturated carbocycles. The van der Waals surface area contributed by atoms with Gasteiger partial charge in [0.25, 0.3) is 0 Å².